The van der Waals surface area contributed by atoms with Crippen LogP contribution >= 0.6 is 0 Å². The molecule has 0 aliphatic rings. The molecule has 2 unspecified atom stereocenters. The van der Waals surface area contributed by atoms with Crippen LogP contribution in [0.15, 0.2) is 0 Å². The van der Waals surface area contributed by atoms with Gasteiger partial charge in [-0.25, -0.2) is 0 Å². The second-order valence-corrected chi connectivity index (χ2v) is 5.24. The molecule has 0 saturated carbocycles. The quantitative estimate of drug-likeness (QED) is 0.483. The molecule has 17 heavy (non-hydrogen) atoms. The fourth-order valence-electron chi connectivity index (χ4n) is 1.42. The fraction of sp³-hybridized carbons (Fsp3) is 0.818. The highest BCUT2D eigenvalue weighted by molar-refractivity contribution is 5.71. The Morgan fingerprint density at radius 2 is 1.76 bits per heavy atom. The number of carbonyl (C=O) groups excluding carboxylic acids is 1. The number of likely N-dealkylation sites (N-methyl/N-ethyl adjacent to an activating group) is 1. The summed E-state index contributed by atoms with van der Waals surface area (Å²) in [6.45, 7) is 1.89. The molecule has 0 bridgehead atoms. The van der Waals surface area contributed by atoms with E-state index in [1.54, 1.807) is 0 Å². The molecule has 6 heteroatoms. The average Bonchev–Trinajstić information content (AvgIpc) is 1.95. The molecular weight excluding hydrogens is 226 g/mol. The molecule has 0 fully saturated rings. The number of rotatable bonds is 7. The van der Waals surface area contributed by atoms with E-state index in [4.69, 9.17) is 14.9 Å². The van der Waals surface area contributed by atoms with Crippen LogP contribution in [0.4, 0.5) is 0 Å². The van der Waals surface area contributed by atoms with E-state index in [2.05, 4.69) is 0 Å². The summed E-state index contributed by atoms with van der Waals surface area (Å²) in [5, 5.41) is 17.8. The first-order chi connectivity index (χ1) is 7.60. The van der Waals surface area contributed by atoms with E-state index in [-0.39, 0.29) is 12.8 Å². The largest absolute Gasteiger partial charge is 0.481 e. The van der Waals surface area contributed by atoms with Crippen molar-refractivity contribution in [2.24, 2.45) is 0 Å². The molecule has 6 nitrogen and oxygen atoms in total. The van der Waals surface area contributed by atoms with Gasteiger partial charge in [-0.15, -0.1) is 0 Å². The molecule has 0 radical (unpaired) electrons. The molecule has 2 N–H and O–H groups in total. The molecule has 0 rings (SSSR count). The van der Waals surface area contributed by atoms with Crippen LogP contribution in [0.3, 0.4) is 0 Å². The third kappa shape index (κ3) is 9.77. The van der Waals surface area contributed by atoms with Crippen LogP contribution in [-0.4, -0.2) is 66.5 Å². The van der Waals surface area contributed by atoms with Crippen molar-refractivity contribution in [2.45, 2.75) is 32.0 Å². The zero-order valence-electron chi connectivity index (χ0n) is 10.8. The first-order valence-corrected chi connectivity index (χ1v) is 5.50. The lowest BCUT2D eigenvalue weighted by Crippen LogP contribution is -2.44. The summed E-state index contributed by atoms with van der Waals surface area (Å²) >= 11 is 0. The Morgan fingerprint density at radius 3 is 2.12 bits per heavy atom. The SMILES string of the molecule is CC(O)CC(=O)OC(CC(=O)O)C[N+](C)(C)C. The standard InChI is InChI=1S/C11H21NO5/c1-8(13)5-11(16)17-9(6-10(14)15)7-12(2,3)4/h8-9,13H,5-7H2,1-4H3/p+1. The van der Waals surface area contributed by atoms with E-state index in [9.17, 15) is 9.59 Å². The molecule has 0 aromatic heterocycles. The van der Waals surface area contributed by atoms with Crippen molar-refractivity contribution >= 4 is 11.9 Å². The number of aliphatic hydroxyl groups excluding tert-OH is 1. The molecule has 0 aliphatic heterocycles. The van der Waals surface area contributed by atoms with E-state index in [0.717, 1.165) is 0 Å². The number of aliphatic carboxylic acids is 1. The van der Waals surface area contributed by atoms with Crippen molar-refractivity contribution in [2.75, 3.05) is 27.7 Å². The number of quaternary nitrogens is 1. The molecule has 0 aromatic rings. The van der Waals surface area contributed by atoms with Crippen LogP contribution in [-0.2, 0) is 14.3 Å². The van der Waals surface area contributed by atoms with Gasteiger partial charge in [-0.1, -0.05) is 0 Å². The number of carboxylic acid groups (broad SMARTS) is 1. The maximum Gasteiger partial charge on any atom is 0.308 e. The highest BCUT2D eigenvalue weighted by atomic mass is 16.5. The number of hydrogen-bond acceptors (Lipinski definition) is 4. The summed E-state index contributed by atoms with van der Waals surface area (Å²) in [6, 6.07) is 0. The fourth-order valence-corrected chi connectivity index (χ4v) is 1.42. The Labute approximate surface area is 101 Å². The lowest BCUT2D eigenvalue weighted by atomic mass is 10.2. The second-order valence-electron chi connectivity index (χ2n) is 5.24. The van der Waals surface area contributed by atoms with Gasteiger partial charge in [0.05, 0.1) is 40.1 Å². The predicted octanol–water partition coefficient (Wildman–Crippen LogP) is -0.150. The average molecular weight is 248 g/mol. The predicted molar refractivity (Wildman–Crippen MR) is 61.3 cm³/mol. The Bertz CT molecular complexity index is 270. The molecule has 0 aliphatic carbocycles. The lowest BCUT2D eigenvalue weighted by molar-refractivity contribution is -0.873. The van der Waals surface area contributed by atoms with E-state index >= 15 is 0 Å². The highest BCUT2D eigenvalue weighted by Crippen LogP contribution is 2.07. The van der Waals surface area contributed by atoms with Gasteiger partial charge in [-0.3, -0.25) is 9.59 Å². The molecule has 0 saturated heterocycles. The summed E-state index contributed by atoms with van der Waals surface area (Å²) in [4.78, 5) is 22.0. The Morgan fingerprint density at radius 1 is 1.24 bits per heavy atom. The van der Waals surface area contributed by atoms with Gasteiger partial charge >= 0.3 is 11.9 Å². The normalized spacial score (nSPS) is 15.1. The number of ether oxygens (including phenoxy) is 1. The second kappa shape index (κ2) is 6.56. The summed E-state index contributed by atoms with van der Waals surface area (Å²) < 4.78 is 5.55. The lowest BCUT2D eigenvalue weighted by Gasteiger charge is -2.28. The van der Waals surface area contributed by atoms with Gasteiger partial charge < -0.3 is 19.4 Å². The van der Waals surface area contributed by atoms with Crippen molar-refractivity contribution in [3.8, 4) is 0 Å². The van der Waals surface area contributed by atoms with Crippen LogP contribution in [0.5, 0.6) is 0 Å². The third-order valence-corrected chi connectivity index (χ3v) is 1.91. The maximum absolute atomic E-state index is 11.3. The van der Waals surface area contributed by atoms with Gasteiger partial charge in [0.1, 0.15) is 6.54 Å². The van der Waals surface area contributed by atoms with Crippen molar-refractivity contribution < 1.29 is 29.0 Å². The smallest absolute Gasteiger partial charge is 0.308 e. The van der Waals surface area contributed by atoms with Crippen molar-refractivity contribution in [1.82, 2.24) is 0 Å². The maximum atomic E-state index is 11.3. The Balaban J connectivity index is 4.38. The zero-order chi connectivity index (χ0) is 13.6. The Kier molecular flexibility index (Phi) is 6.12. The topological polar surface area (TPSA) is 83.8 Å². The number of aliphatic hydroxyl groups is 1. The summed E-state index contributed by atoms with van der Waals surface area (Å²) in [5.41, 5.74) is 0. The van der Waals surface area contributed by atoms with Crippen LogP contribution in [0.2, 0.25) is 0 Å². The Hall–Kier alpha value is -1.14. The molecular formula is C11H22NO5+. The van der Waals surface area contributed by atoms with E-state index in [1.165, 1.54) is 6.92 Å². The van der Waals surface area contributed by atoms with Crippen LogP contribution in [0, 0.1) is 0 Å². The summed E-state index contributed by atoms with van der Waals surface area (Å²) in [5.74, 6) is -1.58. The van der Waals surface area contributed by atoms with Gasteiger partial charge in [0, 0.05) is 0 Å². The number of carboxylic acids is 1. The summed E-state index contributed by atoms with van der Waals surface area (Å²) in [6.07, 6.45) is -1.79. The van der Waals surface area contributed by atoms with Gasteiger partial charge in [0.15, 0.2) is 6.10 Å². The van der Waals surface area contributed by atoms with Crippen LogP contribution < -0.4 is 0 Å². The van der Waals surface area contributed by atoms with Gasteiger partial charge in [0.2, 0.25) is 0 Å². The van der Waals surface area contributed by atoms with E-state index in [1.807, 2.05) is 21.1 Å². The minimum atomic E-state index is -1.01. The molecule has 0 aromatic carbocycles. The van der Waals surface area contributed by atoms with E-state index < -0.39 is 24.1 Å². The van der Waals surface area contributed by atoms with Gasteiger partial charge in [0.25, 0.3) is 0 Å². The molecule has 100 valence electrons. The van der Waals surface area contributed by atoms with Crippen LogP contribution in [0.1, 0.15) is 19.8 Å². The van der Waals surface area contributed by atoms with Crippen molar-refractivity contribution in [3.63, 3.8) is 0 Å². The zero-order valence-corrected chi connectivity index (χ0v) is 10.8. The van der Waals surface area contributed by atoms with Crippen molar-refractivity contribution in [1.29, 1.82) is 0 Å². The first kappa shape index (κ1) is 15.9. The van der Waals surface area contributed by atoms with Gasteiger partial charge in [-0.05, 0) is 6.92 Å². The van der Waals surface area contributed by atoms with Crippen molar-refractivity contribution in [3.05, 3.63) is 0 Å². The minimum absolute atomic E-state index is 0.118. The number of carbonyl (C=O) groups is 2. The number of hydrogen-bond donors (Lipinski definition) is 2. The first-order valence-electron chi connectivity index (χ1n) is 5.50. The molecule has 0 heterocycles. The molecule has 2 atom stereocenters. The molecule has 0 amide bonds. The number of nitrogens with zero attached hydrogens (tertiary/aromatic N) is 1. The molecule has 0 spiro atoms. The minimum Gasteiger partial charge on any atom is -0.481 e. The van der Waals surface area contributed by atoms with Crippen LogP contribution in [0.25, 0.3) is 0 Å². The summed E-state index contributed by atoms with van der Waals surface area (Å²) in [7, 11) is 5.66. The number of esters is 1. The monoisotopic (exact) mass is 248 g/mol. The highest BCUT2D eigenvalue weighted by Gasteiger charge is 2.25. The van der Waals surface area contributed by atoms with Gasteiger partial charge in [-0.2, -0.15) is 0 Å². The van der Waals surface area contributed by atoms with E-state index in [0.29, 0.717) is 11.0 Å². The third-order valence-electron chi connectivity index (χ3n) is 1.91.